The van der Waals surface area contributed by atoms with Crippen molar-refractivity contribution >= 4 is 75.9 Å². The highest BCUT2D eigenvalue weighted by Gasteiger charge is 2.62. The maximum Gasteiger partial charge on any atom is 0.416 e. The molecule has 3 fully saturated rings. The third kappa shape index (κ3) is 8.05. The summed E-state index contributed by atoms with van der Waals surface area (Å²) < 4.78 is 76.2. The fourth-order valence-corrected chi connectivity index (χ4v) is 10.6. The van der Waals surface area contributed by atoms with E-state index in [9.17, 15) is 36.0 Å². The monoisotopic (exact) mass is 881 g/mol. The lowest BCUT2D eigenvalue weighted by molar-refractivity contribution is -0.141. The van der Waals surface area contributed by atoms with Crippen LogP contribution in [0, 0.1) is 18.3 Å². The summed E-state index contributed by atoms with van der Waals surface area (Å²) in [5, 5.41) is 8.54. The number of hydrogen-bond acceptors (Lipinski definition) is 12. The van der Waals surface area contributed by atoms with Crippen molar-refractivity contribution in [2.75, 3.05) is 11.9 Å². The van der Waals surface area contributed by atoms with Crippen molar-refractivity contribution in [1.82, 2.24) is 29.9 Å². The second-order valence-electron chi connectivity index (χ2n) is 16.6. The normalized spacial score (nSPS) is 22.4. The fraction of sp³-hybridized carbons (Fsp3) is 0.415. The molecule has 3 aliphatic rings. The van der Waals surface area contributed by atoms with Gasteiger partial charge in [0.1, 0.15) is 28.4 Å². The molecule has 0 radical (unpaired) electrons. The number of anilines is 1. The predicted molar refractivity (Wildman–Crippen MR) is 223 cm³/mol. The van der Waals surface area contributed by atoms with Crippen molar-refractivity contribution in [2.45, 2.75) is 88.5 Å². The number of likely N-dealkylation sites (tertiary alicyclic amines) is 1. The van der Waals surface area contributed by atoms with E-state index in [4.69, 9.17) is 14.7 Å². The highest BCUT2D eigenvalue weighted by Crippen LogP contribution is 2.46. The number of alkyl halides is 3. The number of hydrogen-bond donors (Lipinski definition) is 3. The molecule has 0 bridgehead atoms. The molecule has 2 aliphatic carbocycles. The van der Waals surface area contributed by atoms with Gasteiger partial charge < -0.3 is 20.3 Å². The van der Waals surface area contributed by atoms with Crippen molar-refractivity contribution in [3.8, 4) is 17.3 Å². The largest absolute Gasteiger partial charge is 0.471 e. The van der Waals surface area contributed by atoms with Crippen molar-refractivity contribution in [1.29, 1.82) is 0 Å². The molecule has 0 unspecified atom stereocenters. The van der Waals surface area contributed by atoms with Gasteiger partial charge in [-0.05, 0) is 49.8 Å². The Bertz CT molecular complexity index is 2640. The van der Waals surface area contributed by atoms with Crippen LogP contribution in [0.15, 0.2) is 66.6 Å². The van der Waals surface area contributed by atoms with Gasteiger partial charge in [-0.1, -0.05) is 57.2 Å². The van der Waals surface area contributed by atoms with Crippen molar-refractivity contribution in [3.63, 3.8) is 0 Å². The predicted octanol–water partition coefficient (Wildman–Crippen LogP) is 6.84. The van der Waals surface area contributed by atoms with Gasteiger partial charge in [0.15, 0.2) is 11.0 Å². The maximum absolute atomic E-state index is 14.8. The number of thiophene rings is 1. The number of aryl methyl sites for hydroxylation is 1. The van der Waals surface area contributed by atoms with Crippen LogP contribution in [0.5, 0.6) is 5.88 Å². The minimum Gasteiger partial charge on any atom is -0.471 e. The Balaban J connectivity index is 1.15. The van der Waals surface area contributed by atoms with E-state index in [0.717, 1.165) is 27.9 Å². The average molecular weight is 882 g/mol. The van der Waals surface area contributed by atoms with Gasteiger partial charge in [0.2, 0.25) is 27.7 Å². The van der Waals surface area contributed by atoms with Gasteiger partial charge in [-0.15, -0.1) is 29.3 Å². The molecule has 1 aliphatic heterocycles. The lowest BCUT2D eigenvalue weighted by Gasteiger charge is -2.35. The molecule has 2 saturated carbocycles. The number of aromatic nitrogens is 3. The van der Waals surface area contributed by atoms with E-state index >= 15 is 0 Å². The van der Waals surface area contributed by atoms with E-state index in [-0.39, 0.29) is 31.1 Å². The van der Waals surface area contributed by atoms with Crippen LogP contribution < -0.4 is 20.1 Å². The quantitative estimate of drug-likeness (QED) is 0.113. The molecule has 3 amide bonds. The van der Waals surface area contributed by atoms with Crippen LogP contribution in [0.2, 0.25) is 0 Å². The van der Waals surface area contributed by atoms with Crippen LogP contribution >= 0.6 is 22.7 Å². The first kappa shape index (κ1) is 41.6. The van der Waals surface area contributed by atoms with Crippen molar-refractivity contribution in [2.24, 2.45) is 11.3 Å². The van der Waals surface area contributed by atoms with Gasteiger partial charge in [-0.25, -0.2) is 18.4 Å². The van der Waals surface area contributed by atoms with E-state index in [1.807, 2.05) is 57.3 Å². The zero-order valence-electron chi connectivity index (χ0n) is 33.0. The van der Waals surface area contributed by atoms with Crippen LogP contribution in [0.1, 0.15) is 57.7 Å². The summed E-state index contributed by atoms with van der Waals surface area (Å²) in [5.74, 6) is -2.31. The van der Waals surface area contributed by atoms with Gasteiger partial charge in [0, 0.05) is 33.4 Å². The second-order valence-corrected chi connectivity index (χ2v) is 20.5. The van der Waals surface area contributed by atoms with Crippen LogP contribution in [0.4, 0.5) is 18.3 Å². The molecule has 2 aromatic carbocycles. The average Bonchev–Trinajstić information content (AvgIpc) is 4.04. The Morgan fingerprint density at radius 3 is 2.38 bits per heavy atom. The van der Waals surface area contributed by atoms with E-state index in [0.29, 0.717) is 33.8 Å². The number of halogens is 3. The molecule has 19 heteroatoms. The maximum atomic E-state index is 14.8. The Kier molecular flexibility index (Phi) is 10.5. The zero-order valence-corrected chi connectivity index (χ0v) is 35.4. The molecule has 60 heavy (non-hydrogen) atoms. The second kappa shape index (κ2) is 15.1. The third-order valence-corrected chi connectivity index (χ3v) is 14.9. The summed E-state index contributed by atoms with van der Waals surface area (Å²) in [5.41, 5.74) is -1.52. The van der Waals surface area contributed by atoms with E-state index in [2.05, 4.69) is 26.9 Å². The highest BCUT2D eigenvalue weighted by atomic mass is 32.2. The van der Waals surface area contributed by atoms with Crippen molar-refractivity contribution in [3.05, 3.63) is 77.8 Å². The molecule has 316 valence electrons. The Morgan fingerprint density at radius 2 is 1.77 bits per heavy atom. The first-order chi connectivity index (χ1) is 28.3. The minimum atomic E-state index is -4.54. The van der Waals surface area contributed by atoms with E-state index in [1.165, 1.54) is 45.8 Å². The third-order valence-electron chi connectivity index (χ3n) is 11.0. The number of amides is 3. The van der Waals surface area contributed by atoms with Crippen LogP contribution in [-0.4, -0.2) is 81.5 Å². The lowest BCUT2D eigenvalue weighted by Crippen LogP contribution is -2.58. The van der Waals surface area contributed by atoms with Crippen molar-refractivity contribution < 1.29 is 40.7 Å². The SMILES string of the molecule is C=C[C@@H]1C[C@]1(NC(=O)[C@@H]1C[C@@H](Oc2nc(-c3ccc(C(F)(F)F)cc3)nc3c2sc2ccccc23)CN1C(=O)[C@@H](Nc1nc(C)cs1)C(C)(C)C)C(=O)NS(=O)(=O)C1CC1. The molecular weight excluding hydrogens is 840 g/mol. The van der Waals surface area contributed by atoms with Crippen LogP contribution in [0.25, 0.3) is 31.7 Å². The summed E-state index contributed by atoms with van der Waals surface area (Å²) in [6.07, 6.45) is -2.96. The summed E-state index contributed by atoms with van der Waals surface area (Å²) in [6, 6.07) is 9.92. The number of nitrogens with zero attached hydrogens (tertiary/aromatic N) is 4. The molecule has 3 aromatic heterocycles. The molecule has 5 aromatic rings. The van der Waals surface area contributed by atoms with Gasteiger partial charge in [-0.2, -0.15) is 18.2 Å². The van der Waals surface area contributed by atoms with Crippen LogP contribution in [0.3, 0.4) is 0 Å². The molecule has 3 N–H and O–H groups in total. The number of sulfonamides is 1. The number of carbonyl (C=O) groups is 3. The Labute approximate surface area is 351 Å². The molecule has 4 heterocycles. The minimum absolute atomic E-state index is 0.0480. The molecule has 8 rings (SSSR count). The number of rotatable bonds is 12. The molecule has 0 spiro atoms. The molecular formula is C41H42F3N7O6S3. The summed E-state index contributed by atoms with van der Waals surface area (Å²) in [7, 11) is -3.94. The van der Waals surface area contributed by atoms with E-state index < -0.39 is 79.8 Å². The number of carbonyl (C=O) groups excluding carboxylic acids is 3. The Morgan fingerprint density at radius 1 is 1.05 bits per heavy atom. The Hall–Kier alpha value is -5.14. The molecule has 13 nitrogen and oxygen atoms in total. The topological polar surface area (TPSA) is 173 Å². The fourth-order valence-electron chi connectivity index (χ4n) is 7.49. The highest BCUT2D eigenvalue weighted by molar-refractivity contribution is 7.91. The summed E-state index contributed by atoms with van der Waals surface area (Å²) >= 11 is 2.69. The van der Waals surface area contributed by atoms with Gasteiger partial charge in [0.05, 0.1) is 28.6 Å². The zero-order chi connectivity index (χ0) is 42.9. The first-order valence-corrected chi connectivity index (χ1v) is 22.5. The first-order valence-electron chi connectivity index (χ1n) is 19.3. The number of fused-ring (bicyclic) bond motifs is 3. The van der Waals surface area contributed by atoms with Crippen LogP contribution in [-0.2, 0) is 30.6 Å². The lowest BCUT2D eigenvalue weighted by atomic mass is 9.85. The summed E-state index contributed by atoms with van der Waals surface area (Å²) in [4.78, 5) is 58.4. The smallest absolute Gasteiger partial charge is 0.416 e. The van der Waals surface area contributed by atoms with Gasteiger partial charge >= 0.3 is 6.18 Å². The number of ether oxygens (including phenoxy) is 1. The number of nitrogens with one attached hydrogen (secondary N) is 3. The molecule has 5 atom stereocenters. The number of thiazole rings is 1. The van der Waals surface area contributed by atoms with E-state index in [1.54, 1.807) is 0 Å². The molecule has 1 saturated heterocycles. The summed E-state index contributed by atoms with van der Waals surface area (Å²) in [6.45, 7) is 11.2. The van der Waals surface area contributed by atoms with Gasteiger partial charge in [0.25, 0.3) is 5.91 Å². The standard InChI is InChI=1S/C41H42F3N7O6S3/c1-6-23-18-40(23,37(54)50-60(55,56)26-15-16-26)49-34(52)28-17-25(19-51(28)36(53)32(39(3,4)5)47-38-45-21(2)20-58-38)57-35-31-30(27-9-7-8-10-29(27)59-31)46-33(48-35)22-11-13-24(14-12-22)41(42,43)44/h6-14,20,23,25-26,28,32H,1,15-19H2,2-5H3,(H,45,47)(H,49,52)(H,50,54)/t23-,25-,28+,32-,40-/m1/s1. The number of benzene rings is 2. The van der Waals surface area contributed by atoms with Gasteiger partial charge in [-0.3, -0.25) is 19.1 Å².